The first-order chi connectivity index (χ1) is 9.71. The third kappa shape index (κ3) is 2.99. The molecule has 2 heterocycles. The topological polar surface area (TPSA) is 51.5 Å². The van der Waals surface area contributed by atoms with Gasteiger partial charge in [0.15, 0.2) is 6.29 Å². The number of nitrogens with zero attached hydrogens (tertiary/aromatic N) is 2. The van der Waals surface area contributed by atoms with Crippen molar-refractivity contribution in [3.05, 3.63) is 33.2 Å². The number of aromatic nitrogens is 1. The van der Waals surface area contributed by atoms with Crippen LogP contribution in [0.1, 0.15) is 35.0 Å². The Morgan fingerprint density at radius 2 is 2.25 bits per heavy atom. The minimum absolute atomic E-state index is 0.167. The number of hydrogen-bond acceptors (Lipinski definition) is 4. The zero-order chi connectivity index (χ0) is 14.5. The SMILES string of the molecule is CCN1CCc2c(cc(C=O)c(=O)n2CCCOC)C1. The number of likely N-dealkylation sites (N-methyl/N-ethyl adjacent to an activating group) is 1. The minimum Gasteiger partial charge on any atom is -0.385 e. The molecule has 0 amide bonds. The first-order valence-electron chi connectivity index (χ1n) is 7.13. The molecule has 1 aliphatic heterocycles. The summed E-state index contributed by atoms with van der Waals surface area (Å²) < 4.78 is 6.81. The highest BCUT2D eigenvalue weighted by atomic mass is 16.5. The quantitative estimate of drug-likeness (QED) is 0.577. The van der Waals surface area contributed by atoms with Crippen LogP contribution in [0.2, 0.25) is 0 Å². The minimum atomic E-state index is -0.167. The van der Waals surface area contributed by atoms with Crippen molar-refractivity contribution < 1.29 is 9.53 Å². The van der Waals surface area contributed by atoms with Crippen LogP contribution in [0.15, 0.2) is 10.9 Å². The van der Waals surface area contributed by atoms with E-state index in [2.05, 4.69) is 11.8 Å². The number of aldehydes is 1. The Morgan fingerprint density at radius 1 is 1.45 bits per heavy atom. The lowest BCUT2D eigenvalue weighted by molar-refractivity contribution is 0.112. The molecule has 5 heteroatoms. The summed E-state index contributed by atoms with van der Waals surface area (Å²) in [5.41, 5.74) is 2.29. The van der Waals surface area contributed by atoms with E-state index < -0.39 is 0 Å². The van der Waals surface area contributed by atoms with E-state index in [1.54, 1.807) is 17.7 Å². The van der Waals surface area contributed by atoms with E-state index in [-0.39, 0.29) is 11.1 Å². The van der Waals surface area contributed by atoms with Gasteiger partial charge in [0.1, 0.15) is 0 Å². The lowest BCUT2D eigenvalue weighted by Crippen LogP contribution is -2.37. The predicted octanol–water partition coefficient (Wildman–Crippen LogP) is 1.08. The second-order valence-corrected chi connectivity index (χ2v) is 5.11. The number of carbonyl (C=O) groups excluding carboxylic acids is 1. The molecule has 0 saturated carbocycles. The van der Waals surface area contributed by atoms with E-state index in [1.165, 1.54) is 0 Å². The highest BCUT2D eigenvalue weighted by molar-refractivity contribution is 5.74. The highest BCUT2D eigenvalue weighted by Gasteiger charge is 2.20. The number of ether oxygens (including phenoxy) is 1. The van der Waals surface area contributed by atoms with E-state index >= 15 is 0 Å². The average Bonchev–Trinajstić information content (AvgIpc) is 2.48. The molecule has 0 fully saturated rings. The van der Waals surface area contributed by atoms with Gasteiger partial charge in [0.05, 0.1) is 5.56 Å². The average molecular weight is 278 g/mol. The third-order valence-electron chi connectivity index (χ3n) is 3.88. The Bertz CT molecular complexity index is 537. The van der Waals surface area contributed by atoms with E-state index in [0.29, 0.717) is 19.4 Å². The number of carbonyl (C=O) groups is 1. The predicted molar refractivity (Wildman–Crippen MR) is 77.2 cm³/mol. The second kappa shape index (κ2) is 6.81. The zero-order valence-electron chi connectivity index (χ0n) is 12.2. The lowest BCUT2D eigenvalue weighted by atomic mass is 10.0. The van der Waals surface area contributed by atoms with Crippen LogP contribution in [0.4, 0.5) is 0 Å². The Morgan fingerprint density at radius 3 is 2.90 bits per heavy atom. The summed E-state index contributed by atoms with van der Waals surface area (Å²) in [5, 5.41) is 0. The number of rotatable bonds is 6. The van der Waals surface area contributed by atoms with Crippen molar-refractivity contribution in [2.75, 3.05) is 26.8 Å². The number of pyridine rings is 1. The molecule has 0 radical (unpaired) electrons. The largest absolute Gasteiger partial charge is 0.385 e. The van der Waals surface area contributed by atoms with Crippen molar-refractivity contribution in [1.29, 1.82) is 0 Å². The molecule has 0 saturated heterocycles. The van der Waals surface area contributed by atoms with Gasteiger partial charge >= 0.3 is 0 Å². The fourth-order valence-electron chi connectivity index (χ4n) is 2.76. The molecular weight excluding hydrogens is 256 g/mol. The van der Waals surface area contributed by atoms with Crippen LogP contribution in [-0.2, 0) is 24.2 Å². The molecule has 0 atom stereocenters. The van der Waals surface area contributed by atoms with Crippen LogP contribution in [0.3, 0.4) is 0 Å². The lowest BCUT2D eigenvalue weighted by Gasteiger charge is -2.29. The molecule has 1 aromatic heterocycles. The second-order valence-electron chi connectivity index (χ2n) is 5.11. The van der Waals surface area contributed by atoms with Gasteiger partial charge in [-0.1, -0.05) is 6.92 Å². The van der Waals surface area contributed by atoms with E-state index in [1.807, 2.05) is 0 Å². The van der Waals surface area contributed by atoms with Crippen molar-refractivity contribution in [2.24, 2.45) is 0 Å². The summed E-state index contributed by atoms with van der Waals surface area (Å²) in [4.78, 5) is 25.7. The molecule has 0 aliphatic carbocycles. The fourth-order valence-corrected chi connectivity index (χ4v) is 2.76. The van der Waals surface area contributed by atoms with Gasteiger partial charge in [-0.3, -0.25) is 14.5 Å². The van der Waals surface area contributed by atoms with Crippen molar-refractivity contribution in [3.8, 4) is 0 Å². The zero-order valence-corrected chi connectivity index (χ0v) is 12.2. The van der Waals surface area contributed by atoms with Crippen molar-refractivity contribution >= 4 is 6.29 Å². The van der Waals surface area contributed by atoms with Crippen LogP contribution in [0, 0.1) is 0 Å². The molecule has 0 spiro atoms. The summed E-state index contributed by atoms with van der Waals surface area (Å²) in [7, 11) is 1.65. The van der Waals surface area contributed by atoms with Gasteiger partial charge in [0, 0.05) is 45.5 Å². The molecule has 110 valence electrons. The standard InChI is InChI=1S/C15H22N2O3/c1-3-16-7-5-14-12(10-16)9-13(11-18)15(19)17(14)6-4-8-20-2/h9,11H,3-8,10H2,1-2H3. The van der Waals surface area contributed by atoms with Gasteiger partial charge < -0.3 is 9.30 Å². The summed E-state index contributed by atoms with van der Waals surface area (Å²) >= 11 is 0. The molecular formula is C15H22N2O3. The molecule has 2 rings (SSSR count). The van der Waals surface area contributed by atoms with Crippen molar-refractivity contribution in [3.63, 3.8) is 0 Å². The maximum atomic E-state index is 12.3. The molecule has 20 heavy (non-hydrogen) atoms. The maximum Gasteiger partial charge on any atom is 0.261 e. The van der Waals surface area contributed by atoms with Gasteiger partial charge in [-0.15, -0.1) is 0 Å². The van der Waals surface area contributed by atoms with Crippen LogP contribution >= 0.6 is 0 Å². The monoisotopic (exact) mass is 278 g/mol. The summed E-state index contributed by atoms with van der Waals surface area (Å²) in [6, 6.07) is 1.76. The summed E-state index contributed by atoms with van der Waals surface area (Å²) in [6.07, 6.45) is 2.31. The van der Waals surface area contributed by atoms with Gasteiger partial charge in [-0.05, 0) is 24.6 Å². The van der Waals surface area contributed by atoms with Crippen LogP contribution in [0.5, 0.6) is 0 Å². The Labute approximate surface area is 119 Å². The normalized spacial score (nSPS) is 15.1. The smallest absolute Gasteiger partial charge is 0.261 e. The molecule has 1 aromatic rings. The van der Waals surface area contributed by atoms with E-state index in [0.717, 1.165) is 43.7 Å². The summed E-state index contributed by atoms with van der Waals surface area (Å²) in [6.45, 7) is 6.13. The first-order valence-corrected chi connectivity index (χ1v) is 7.13. The van der Waals surface area contributed by atoms with Crippen molar-refractivity contribution in [1.82, 2.24) is 9.47 Å². The molecule has 0 aromatic carbocycles. The Balaban J connectivity index is 2.38. The van der Waals surface area contributed by atoms with Gasteiger partial charge in [-0.2, -0.15) is 0 Å². The van der Waals surface area contributed by atoms with Crippen LogP contribution in [-0.4, -0.2) is 42.6 Å². The highest BCUT2D eigenvalue weighted by Crippen LogP contribution is 2.18. The van der Waals surface area contributed by atoms with Crippen molar-refractivity contribution in [2.45, 2.75) is 32.9 Å². The van der Waals surface area contributed by atoms with E-state index in [4.69, 9.17) is 4.74 Å². The number of fused-ring (bicyclic) bond motifs is 1. The van der Waals surface area contributed by atoms with E-state index in [9.17, 15) is 9.59 Å². The van der Waals surface area contributed by atoms with Gasteiger partial charge in [-0.25, -0.2) is 0 Å². The fraction of sp³-hybridized carbons (Fsp3) is 0.600. The van der Waals surface area contributed by atoms with Crippen LogP contribution < -0.4 is 5.56 Å². The first kappa shape index (κ1) is 14.9. The number of hydrogen-bond donors (Lipinski definition) is 0. The third-order valence-corrected chi connectivity index (χ3v) is 3.88. The Kier molecular flexibility index (Phi) is 5.09. The van der Waals surface area contributed by atoms with Crippen LogP contribution in [0.25, 0.3) is 0 Å². The molecule has 5 nitrogen and oxygen atoms in total. The Hall–Kier alpha value is -1.46. The van der Waals surface area contributed by atoms with Gasteiger partial charge in [0.2, 0.25) is 0 Å². The molecule has 0 unspecified atom stereocenters. The number of methoxy groups -OCH3 is 1. The molecule has 0 N–H and O–H groups in total. The molecule has 1 aliphatic rings. The maximum absolute atomic E-state index is 12.3. The summed E-state index contributed by atoms with van der Waals surface area (Å²) in [5.74, 6) is 0. The van der Waals surface area contributed by atoms with Gasteiger partial charge in [0.25, 0.3) is 5.56 Å². The molecule has 0 bridgehead atoms.